The molecule has 4 heteroatoms. The minimum absolute atomic E-state index is 0.0621. The zero-order chi connectivity index (χ0) is 14.8. The van der Waals surface area contributed by atoms with E-state index in [2.05, 4.69) is 12.2 Å². The summed E-state index contributed by atoms with van der Waals surface area (Å²) in [5.74, 6) is 0.656. The van der Waals surface area contributed by atoms with Gasteiger partial charge in [-0.3, -0.25) is 0 Å². The van der Waals surface area contributed by atoms with Crippen LogP contribution in [0, 0.1) is 5.92 Å². The van der Waals surface area contributed by atoms with Crippen LogP contribution < -0.4 is 5.32 Å². The summed E-state index contributed by atoms with van der Waals surface area (Å²) < 4.78 is 38.2. The van der Waals surface area contributed by atoms with Crippen LogP contribution in [-0.4, -0.2) is 6.04 Å². The second kappa shape index (κ2) is 6.17. The molecule has 1 saturated carbocycles. The maximum atomic E-state index is 12.7. The first-order valence-corrected chi connectivity index (χ1v) is 7.31. The van der Waals surface area contributed by atoms with Crippen molar-refractivity contribution in [2.24, 2.45) is 5.92 Å². The summed E-state index contributed by atoms with van der Waals surface area (Å²) in [7, 11) is 0. The smallest absolute Gasteiger partial charge is 0.307 e. The van der Waals surface area contributed by atoms with Gasteiger partial charge in [-0.05, 0) is 50.3 Å². The lowest BCUT2D eigenvalue weighted by Crippen LogP contribution is -2.34. The van der Waals surface area contributed by atoms with Crippen LogP contribution in [0.25, 0.3) is 0 Å². The van der Waals surface area contributed by atoms with Crippen molar-refractivity contribution in [2.75, 3.05) is 0 Å². The number of halogens is 3. The third kappa shape index (κ3) is 3.75. The van der Waals surface area contributed by atoms with Gasteiger partial charge >= 0.3 is 6.18 Å². The van der Waals surface area contributed by atoms with E-state index in [1.54, 1.807) is 6.07 Å². The van der Waals surface area contributed by atoms with Gasteiger partial charge < -0.3 is 5.32 Å². The summed E-state index contributed by atoms with van der Waals surface area (Å²) in [5, 5.41) is 3.45. The highest BCUT2D eigenvalue weighted by molar-refractivity contribution is 5.27. The molecule has 0 bridgehead atoms. The zero-order valence-electron chi connectivity index (χ0n) is 12.0. The molecule has 1 fully saturated rings. The fourth-order valence-electron chi connectivity index (χ4n) is 3.07. The summed E-state index contributed by atoms with van der Waals surface area (Å²) in [4.78, 5) is 0. The van der Waals surface area contributed by atoms with E-state index in [9.17, 15) is 13.2 Å². The molecule has 0 saturated heterocycles. The fourth-order valence-corrected chi connectivity index (χ4v) is 3.07. The fraction of sp³-hybridized carbons (Fsp3) is 0.625. The molecule has 112 valence electrons. The van der Waals surface area contributed by atoms with Crippen molar-refractivity contribution in [3.63, 3.8) is 0 Å². The number of rotatable bonds is 4. The molecule has 1 aliphatic rings. The number of hydrogen-bond acceptors (Lipinski definition) is 1. The van der Waals surface area contributed by atoms with Crippen LogP contribution in [0.5, 0.6) is 0 Å². The average Bonchev–Trinajstić information content (AvgIpc) is 2.91. The molecule has 20 heavy (non-hydrogen) atoms. The highest BCUT2D eigenvalue weighted by Gasteiger charge is 2.31. The van der Waals surface area contributed by atoms with E-state index < -0.39 is 11.7 Å². The van der Waals surface area contributed by atoms with Crippen molar-refractivity contribution >= 4 is 0 Å². The second-order valence-electron chi connectivity index (χ2n) is 5.84. The van der Waals surface area contributed by atoms with Crippen LogP contribution in [0.1, 0.15) is 56.7 Å². The predicted octanol–water partition coefficient (Wildman–Crippen LogP) is 4.93. The normalized spacial score (nSPS) is 20.1. The Kier molecular flexibility index (Phi) is 4.74. The Morgan fingerprint density at radius 1 is 1.15 bits per heavy atom. The topological polar surface area (TPSA) is 12.0 Å². The van der Waals surface area contributed by atoms with Crippen molar-refractivity contribution in [3.8, 4) is 0 Å². The summed E-state index contributed by atoms with van der Waals surface area (Å²) in [6.45, 7) is 4.07. The van der Waals surface area contributed by atoms with Crippen LogP contribution in [0.3, 0.4) is 0 Å². The van der Waals surface area contributed by atoms with Gasteiger partial charge in [0.2, 0.25) is 0 Å². The molecule has 1 aliphatic carbocycles. The first kappa shape index (κ1) is 15.4. The molecule has 1 nitrogen and oxygen atoms in total. The van der Waals surface area contributed by atoms with E-state index >= 15 is 0 Å². The third-order valence-corrected chi connectivity index (χ3v) is 4.33. The Morgan fingerprint density at radius 2 is 1.80 bits per heavy atom. The van der Waals surface area contributed by atoms with E-state index in [0.29, 0.717) is 17.5 Å². The first-order valence-electron chi connectivity index (χ1n) is 7.31. The van der Waals surface area contributed by atoms with Gasteiger partial charge in [0, 0.05) is 12.1 Å². The molecular formula is C16H22F3N. The summed E-state index contributed by atoms with van der Waals surface area (Å²) in [6, 6.07) is 5.90. The minimum Gasteiger partial charge on any atom is -0.307 e. The van der Waals surface area contributed by atoms with Gasteiger partial charge in [0.1, 0.15) is 0 Å². The summed E-state index contributed by atoms with van der Waals surface area (Å²) >= 11 is 0. The summed E-state index contributed by atoms with van der Waals surface area (Å²) in [5.41, 5.74) is 0.127. The lowest BCUT2D eigenvalue weighted by molar-refractivity contribution is -0.137. The van der Waals surface area contributed by atoms with Gasteiger partial charge in [-0.25, -0.2) is 0 Å². The molecule has 0 heterocycles. The van der Waals surface area contributed by atoms with Crippen LogP contribution >= 0.6 is 0 Å². The Labute approximate surface area is 118 Å². The standard InChI is InChI=1S/C16H22F3N/c1-11(13-6-3-4-7-13)20-12(2)14-8-5-9-15(10-14)16(17,18)19/h5,8-13,20H,3-4,6-7H2,1-2H3/t11-,12?/m0/s1. The van der Waals surface area contributed by atoms with Crippen molar-refractivity contribution in [1.29, 1.82) is 0 Å². The van der Waals surface area contributed by atoms with E-state index in [1.807, 2.05) is 6.92 Å². The zero-order valence-corrected chi connectivity index (χ0v) is 12.0. The van der Waals surface area contributed by atoms with Crippen LogP contribution in [0.2, 0.25) is 0 Å². The van der Waals surface area contributed by atoms with Gasteiger partial charge in [0.15, 0.2) is 0 Å². The van der Waals surface area contributed by atoms with E-state index in [1.165, 1.54) is 37.8 Å². The van der Waals surface area contributed by atoms with Crippen molar-refractivity contribution < 1.29 is 13.2 Å². The lowest BCUT2D eigenvalue weighted by atomic mass is 9.97. The van der Waals surface area contributed by atoms with Crippen molar-refractivity contribution in [3.05, 3.63) is 35.4 Å². The lowest BCUT2D eigenvalue weighted by Gasteiger charge is -2.25. The second-order valence-corrected chi connectivity index (χ2v) is 5.84. The largest absolute Gasteiger partial charge is 0.416 e. The van der Waals surface area contributed by atoms with Gasteiger partial charge in [-0.2, -0.15) is 13.2 Å². The third-order valence-electron chi connectivity index (χ3n) is 4.33. The molecule has 0 aliphatic heterocycles. The molecule has 2 rings (SSSR count). The Bertz CT molecular complexity index is 436. The van der Waals surface area contributed by atoms with Crippen molar-refractivity contribution in [1.82, 2.24) is 5.32 Å². The average molecular weight is 285 g/mol. The van der Waals surface area contributed by atoms with E-state index in [-0.39, 0.29) is 6.04 Å². The Hall–Kier alpha value is -1.03. The Morgan fingerprint density at radius 3 is 2.40 bits per heavy atom. The van der Waals surface area contributed by atoms with Crippen LogP contribution in [-0.2, 0) is 6.18 Å². The number of alkyl halides is 3. The van der Waals surface area contributed by atoms with Gasteiger partial charge in [-0.1, -0.05) is 25.0 Å². The maximum absolute atomic E-state index is 12.7. The molecule has 1 aromatic rings. The molecule has 0 spiro atoms. The molecule has 1 aromatic carbocycles. The van der Waals surface area contributed by atoms with Crippen LogP contribution in [0.4, 0.5) is 13.2 Å². The van der Waals surface area contributed by atoms with Gasteiger partial charge in [0.05, 0.1) is 5.56 Å². The molecule has 0 aromatic heterocycles. The summed E-state index contributed by atoms with van der Waals surface area (Å²) in [6.07, 6.45) is 0.725. The maximum Gasteiger partial charge on any atom is 0.416 e. The molecule has 1 unspecified atom stereocenters. The van der Waals surface area contributed by atoms with Crippen molar-refractivity contribution in [2.45, 2.75) is 57.8 Å². The minimum atomic E-state index is -4.27. The van der Waals surface area contributed by atoms with Crippen LogP contribution in [0.15, 0.2) is 24.3 Å². The Balaban J connectivity index is 2.03. The monoisotopic (exact) mass is 285 g/mol. The number of benzene rings is 1. The van der Waals surface area contributed by atoms with E-state index in [0.717, 1.165) is 6.07 Å². The highest BCUT2D eigenvalue weighted by atomic mass is 19.4. The number of nitrogens with one attached hydrogen (secondary N) is 1. The van der Waals surface area contributed by atoms with Gasteiger partial charge in [-0.15, -0.1) is 0 Å². The molecule has 1 N–H and O–H groups in total. The number of hydrogen-bond donors (Lipinski definition) is 1. The highest BCUT2D eigenvalue weighted by Crippen LogP contribution is 2.32. The molecule has 0 amide bonds. The quantitative estimate of drug-likeness (QED) is 0.826. The first-order chi connectivity index (χ1) is 9.38. The molecule has 2 atom stereocenters. The molecule has 0 radical (unpaired) electrons. The van der Waals surface area contributed by atoms with E-state index in [4.69, 9.17) is 0 Å². The van der Waals surface area contributed by atoms with Gasteiger partial charge in [0.25, 0.3) is 0 Å². The molecular weight excluding hydrogens is 263 g/mol. The SMILES string of the molecule is CC(N[C@@H](C)C1CCCC1)c1cccc(C(F)(F)F)c1. The predicted molar refractivity (Wildman–Crippen MR) is 74.4 cm³/mol.